The maximum absolute atomic E-state index is 13.6. The van der Waals surface area contributed by atoms with E-state index in [1.54, 1.807) is 12.1 Å². The maximum Gasteiger partial charge on any atom is 0.419 e. The molecule has 1 aliphatic heterocycles. The number of carboxylic acids is 1. The highest BCUT2D eigenvalue weighted by Gasteiger charge is 2.39. The highest BCUT2D eigenvalue weighted by atomic mass is 32.2. The molecule has 0 aromatic heterocycles. The molecule has 3 rings (SSSR count). The molecular formula is C18H15F3N2O3S. The van der Waals surface area contributed by atoms with Gasteiger partial charge in [0.05, 0.1) is 16.8 Å². The minimum atomic E-state index is -4.82. The Morgan fingerprint density at radius 2 is 1.89 bits per heavy atom. The molecule has 0 aliphatic carbocycles. The summed E-state index contributed by atoms with van der Waals surface area (Å²) in [6.07, 6.45) is -2.85. The van der Waals surface area contributed by atoms with E-state index in [-0.39, 0.29) is 0 Å². The van der Waals surface area contributed by atoms with Crippen molar-refractivity contribution >= 4 is 35.1 Å². The van der Waals surface area contributed by atoms with Crippen LogP contribution in [0.5, 0.6) is 0 Å². The molecule has 5 nitrogen and oxygen atoms in total. The van der Waals surface area contributed by atoms with Gasteiger partial charge in [-0.2, -0.15) is 13.2 Å². The van der Waals surface area contributed by atoms with Crippen LogP contribution < -0.4 is 10.2 Å². The van der Waals surface area contributed by atoms with Gasteiger partial charge < -0.3 is 10.4 Å². The number of halogens is 3. The van der Waals surface area contributed by atoms with E-state index in [9.17, 15) is 22.8 Å². The van der Waals surface area contributed by atoms with Crippen LogP contribution in [0, 0.1) is 0 Å². The van der Waals surface area contributed by atoms with Gasteiger partial charge in [-0.25, -0.2) is 9.59 Å². The molecule has 0 fully saturated rings. The second-order valence-corrected chi connectivity index (χ2v) is 6.65. The van der Waals surface area contributed by atoms with Gasteiger partial charge in [0.25, 0.3) is 0 Å². The first-order valence-corrected chi connectivity index (χ1v) is 9.14. The molecular weight excluding hydrogens is 381 g/mol. The molecule has 0 bridgehead atoms. The molecule has 142 valence electrons. The van der Waals surface area contributed by atoms with E-state index in [1.165, 1.54) is 11.2 Å². The lowest BCUT2D eigenvalue weighted by Crippen LogP contribution is -2.34. The number of carbonyl (C=O) groups excluding carboxylic acids is 1. The third-order valence-electron chi connectivity index (χ3n) is 4.25. The molecule has 2 aromatic rings. The molecule has 0 radical (unpaired) electrons. The van der Waals surface area contributed by atoms with Gasteiger partial charge in [0.2, 0.25) is 0 Å². The summed E-state index contributed by atoms with van der Waals surface area (Å²) in [5, 5.41) is 11.5. The summed E-state index contributed by atoms with van der Waals surface area (Å²) in [7, 11) is 0. The van der Waals surface area contributed by atoms with E-state index < -0.39 is 39.9 Å². The van der Waals surface area contributed by atoms with Crippen molar-refractivity contribution in [1.29, 1.82) is 0 Å². The van der Waals surface area contributed by atoms with E-state index in [2.05, 4.69) is 5.32 Å². The number of urea groups is 1. The fraction of sp³-hybridized carbons (Fsp3) is 0.222. The predicted octanol–water partition coefficient (Wildman–Crippen LogP) is 4.72. The van der Waals surface area contributed by atoms with Gasteiger partial charge in [-0.1, -0.05) is 18.2 Å². The van der Waals surface area contributed by atoms with Crippen LogP contribution in [-0.4, -0.2) is 29.9 Å². The number of nitrogens with one attached hydrogen (secondary N) is 1. The van der Waals surface area contributed by atoms with Crippen molar-refractivity contribution in [3.05, 3.63) is 53.1 Å². The Labute approximate surface area is 157 Å². The highest BCUT2D eigenvalue weighted by molar-refractivity contribution is 7.98. The van der Waals surface area contributed by atoms with Crippen LogP contribution >= 0.6 is 11.8 Å². The molecule has 27 heavy (non-hydrogen) atoms. The minimum absolute atomic E-state index is 0.356. The number of alkyl halides is 3. The van der Waals surface area contributed by atoms with Gasteiger partial charge in [-0.3, -0.25) is 4.90 Å². The van der Waals surface area contributed by atoms with Crippen molar-refractivity contribution in [1.82, 2.24) is 0 Å². The summed E-state index contributed by atoms with van der Waals surface area (Å²) >= 11 is 0.674. The van der Waals surface area contributed by atoms with E-state index in [4.69, 9.17) is 5.11 Å². The normalized spacial score (nSPS) is 13.4. The molecule has 0 unspecified atom stereocenters. The van der Waals surface area contributed by atoms with E-state index in [0.717, 1.165) is 17.7 Å². The monoisotopic (exact) mass is 396 g/mol. The quantitative estimate of drug-likeness (QED) is 0.737. The van der Waals surface area contributed by atoms with Gasteiger partial charge in [0, 0.05) is 17.1 Å². The molecule has 9 heteroatoms. The number of amides is 2. The first-order chi connectivity index (χ1) is 12.7. The number of anilines is 2. The third-order valence-corrected chi connectivity index (χ3v) is 5.08. The number of hydrogen-bond donors (Lipinski definition) is 2. The largest absolute Gasteiger partial charge is 0.478 e. The average molecular weight is 396 g/mol. The van der Waals surface area contributed by atoms with Crippen LogP contribution in [0.2, 0.25) is 0 Å². The number of aromatic carboxylic acids is 1. The van der Waals surface area contributed by atoms with Crippen LogP contribution in [0.25, 0.3) is 0 Å². The predicted molar refractivity (Wildman–Crippen MR) is 96.7 cm³/mol. The molecule has 1 heterocycles. The Kier molecular flexibility index (Phi) is 5.05. The molecule has 0 saturated heterocycles. The van der Waals surface area contributed by atoms with Gasteiger partial charge in [-0.15, -0.1) is 11.8 Å². The lowest BCUT2D eigenvalue weighted by atomic mass is 10.1. The number of para-hydroxylation sites is 1. The number of nitrogens with zero attached hydrogens (tertiary/aromatic N) is 1. The van der Waals surface area contributed by atoms with Gasteiger partial charge in [-0.05, 0) is 36.4 Å². The van der Waals surface area contributed by atoms with Crippen LogP contribution in [0.4, 0.5) is 29.3 Å². The first kappa shape index (κ1) is 19.1. The lowest BCUT2D eigenvalue weighted by molar-refractivity contribution is -0.139. The standard InChI is InChI=1S/C18H15F3N2O3S/c1-27-15-11(16(24)25)6-7-12(14(15)18(19,20)21)22-17(26)23-9-8-10-4-2-3-5-13(10)23/h2-7H,8-9H2,1H3,(H,22,26)(H,24,25). The summed E-state index contributed by atoms with van der Waals surface area (Å²) in [6.45, 7) is 0.356. The second kappa shape index (κ2) is 7.15. The average Bonchev–Trinajstić information content (AvgIpc) is 3.04. The zero-order valence-electron chi connectivity index (χ0n) is 14.1. The fourth-order valence-corrected chi connectivity index (χ4v) is 3.89. The Morgan fingerprint density at radius 1 is 1.19 bits per heavy atom. The van der Waals surface area contributed by atoms with Crippen molar-refractivity contribution in [2.75, 3.05) is 23.0 Å². The maximum atomic E-state index is 13.6. The van der Waals surface area contributed by atoms with Crippen molar-refractivity contribution in [2.45, 2.75) is 17.5 Å². The Balaban J connectivity index is 2.00. The Morgan fingerprint density at radius 3 is 2.52 bits per heavy atom. The van der Waals surface area contributed by atoms with Gasteiger partial charge >= 0.3 is 18.2 Å². The summed E-state index contributed by atoms with van der Waals surface area (Å²) in [5.74, 6) is -1.46. The van der Waals surface area contributed by atoms with E-state index >= 15 is 0 Å². The molecule has 0 spiro atoms. The molecule has 0 saturated carbocycles. The van der Waals surface area contributed by atoms with Gasteiger partial charge in [0.15, 0.2) is 0 Å². The first-order valence-electron chi connectivity index (χ1n) is 7.92. The topological polar surface area (TPSA) is 69.6 Å². The van der Waals surface area contributed by atoms with Gasteiger partial charge in [0.1, 0.15) is 0 Å². The highest BCUT2D eigenvalue weighted by Crippen LogP contribution is 2.43. The molecule has 0 atom stereocenters. The third kappa shape index (κ3) is 3.59. The molecule has 2 N–H and O–H groups in total. The minimum Gasteiger partial charge on any atom is -0.478 e. The van der Waals surface area contributed by atoms with Crippen LogP contribution in [0.3, 0.4) is 0 Å². The number of carbonyl (C=O) groups is 2. The number of carboxylic acid groups (broad SMARTS) is 1. The Hall–Kier alpha value is -2.68. The number of benzene rings is 2. The van der Waals surface area contributed by atoms with Crippen LogP contribution in [0.15, 0.2) is 41.3 Å². The van der Waals surface area contributed by atoms with E-state index in [1.807, 2.05) is 12.1 Å². The number of rotatable bonds is 3. The smallest absolute Gasteiger partial charge is 0.419 e. The summed E-state index contributed by atoms with van der Waals surface area (Å²) in [6, 6.07) is 8.52. The molecule has 2 amide bonds. The van der Waals surface area contributed by atoms with Crippen molar-refractivity contribution < 1.29 is 27.9 Å². The number of fused-ring (bicyclic) bond motifs is 1. The van der Waals surface area contributed by atoms with E-state index in [0.29, 0.717) is 30.4 Å². The number of thioether (sulfide) groups is 1. The van der Waals surface area contributed by atoms with Crippen LogP contribution in [-0.2, 0) is 12.6 Å². The fourth-order valence-electron chi connectivity index (χ4n) is 3.08. The summed E-state index contributed by atoms with van der Waals surface area (Å²) in [4.78, 5) is 24.8. The molecule has 1 aliphatic rings. The summed E-state index contributed by atoms with van der Waals surface area (Å²) in [5.41, 5.74) is -0.494. The summed E-state index contributed by atoms with van der Waals surface area (Å²) < 4.78 is 40.9. The van der Waals surface area contributed by atoms with Crippen LogP contribution in [0.1, 0.15) is 21.5 Å². The zero-order valence-corrected chi connectivity index (χ0v) is 14.9. The lowest BCUT2D eigenvalue weighted by Gasteiger charge is -2.22. The Bertz CT molecular complexity index is 915. The van der Waals surface area contributed by atoms with Crippen molar-refractivity contribution in [3.8, 4) is 0 Å². The van der Waals surface area contributed by atoms with Crippen molar-refractivity contribution in [2.24, 2.45) is 0 Å². The second-order valence-electron chi connectivity index (χ2n) is 5.83. The SMILES string of the molecule is CSc1c(C(=O)O)ccc(NC(=O)N2CCc3ccccc32)c1C(F)(F)F. The number of hydrogen-bond acceptors (Lipinski definition) is 3. The molecule has 2 aromatic carbocycles. The zero-order chi connectivity index (χ0) is 19.8. The van der Waals surface area contributed by atoms with Crippen molar-refractivity contribution in [3.63, 3.8) is 0 Å².